The zero-order valence-electron chi connectivity index (χ0n) is 11.6. The molecular formula is C15H17BrN4O. The largest absolute Gasteiger partial charge is 0.378 e. The first-order valence-electron chi connectivity index (χ1n) is 6.94. The summed E-state index contributed by atoms with van der Waals surface area (Å²) >= 11 is 3.56. The van der Waals surface area contributed by atoms with Gasteiger partial charge in [0.2, 0.25) is 0 Å². The average molecular weight is 349 g/mol. The summed E-state index contributed by atoms with van der Waals surface area (Å²) in [6.45, 7) is 4.13. The molecule has 3 rings (SSSR count). The minimum absolute atomic E-state index is 0.721. The fourth-order valence-corrected chi connectivity index (χ4v) is 2.71. The molecule has 0 atom stereocenters. The van der Waals surface area contributed by atoms with Gasteiger partial charge in [0.25, 0.3) is 0 Å². The van der Waals surface area contributed by atoms with Gasteiger partial charge in [-0.05, 0) is 17.7 Å². The second-order valence-corrected chi connectivity index (χ2v) is 5.73. The summed E-state index contributed by atoms with van der Waals surface area (Å²) in [5.41, 5.74) is 2.48. The van der Waals surface area contributed by atoms with Gasteiger partial charge in [0.1, 0.15) is 5.82 Å². The molecule has 0 spiro atoms. The van der Waals surface area contributed by atoms with Crippen LogP contribution in [0.5, 0.6) is 0 Å². The number of nitrogens with zero attached hydrogens (tertiary/aromatic N) is 3. The van der Waals surface area contributed by atoms with Crippen molar-refractivity contribution in [1.29, 1.82) is 0 Å². The van der Waals surface area contributed by atoms with Crippen molar-refractivity contribution in [3.63, 3.8) is 0 Å². The predicted molar refractivity (Wildman–Crippen MR) is 86.5 cm³/mol. The van der Waals surface area contributed by atoms with E-state index in [1.807, 2.05) is 0 Å². The molecule has 0 amide bonds. The normalized spacial score (nSPS) is 15.0. The van der Waals surface area contributed by atoms with Crippen molar-refractivity contribution >= 4 is 27.4 Å². The maximum absolute atomic E-state index is 5.43. The Morgan fingerprint density at radius 3 is 2.86 bits per heavy atom. The van der Waals surface area contributed by atoms with Crippen LogP contribution in [0.2, 0.25) is 0 Å². The minimum Gasteiger partial charge on any atom is -0.378 e. The highest BCUT2D eigenvalue weighted by molar-refractivity contribution is 9.10. The van der Waals surface area contributed by atoms with Gasteiger partial charge in [-0.2, -0.15) is 0 Å². The van der Waals surface area contributed by atoms with Gasteiger partial charge in [-0.15, -0.1) is 0 Å². The molecule has 1 N–H and O–H groups in total. The third-order valence-electron chi connectivity index (χ3n) is 3.42. The summed E-state index contributed by atoms with van der Waals surface area (Å²) in [6.07, 6.45) is 5.09. The van der Waals surface area contributed by atoms with E-state index in [0.717, 1.165) is 43.1 Å². The predicted octanol–water partition coefficient (Wildman–Crippen LogP) is 2.69. The van der Waals surface area contributed by atoms with Gasteiger partial charge in [0.15, 0.2) is 0 Å². The maximum atomic E-state index is 5.43. The number of aromatic nitrogens is 2. The smallest absolute Gasteiger partial charge is 0.144 e. The highest BCUT2D eigenvalue weighted by Crippen LogP contribution is 2.26. The van der Waals surface area contributed by atoms with E-state index in [1.165, 1.54) is 11.3 Å². The first-order chi connectivity index (χ1) is 10.3. The first-order valence-corrected chi connectivity index (χ1v) is 7.73. The zero-order valence-corrected chi connectivity index (χ0v) is 13.2. The van der Waals surface area contributed by atoms with Crippen molar-refractivity contribution in [2.24, 2.45) is 0 Å². The molecular weight excluding hydrogens is 332 g/mol. The SMILES string of the molecule is Brc1ccc(CNc2cnccn2)c(N2CCOCC2)c1. The van der Waals surface area contributed by atoms with Gasteiger partial charge in [0, 0.05) is 42.2 Å². The summed E-state index contributed by atoms with van der Waals surface area (Å²) in [6, 6.07) is 6.37. The lowest BCUT2D eigenvalue weighted by Crippen LogP contribution is -2.36. The molecule has 1 aromatic carbocycles. The van der Waals surface area contributed by atoms with Crippen molar-refractivity contribution in [1.82, 2.24) is 9.97 Å². The number of hydrogen-bond acceptors (Lipinski definition) is 5. The Morgan fingerprint density at radius 1 is 1.24 bits per heavy atom. The van der Waals surface area contributed by atoms with Crippen molar-refractivity contribution in [3.8, 4) is 0 Å². The van der Waals surface area contributed by atoms with Gasteiger partial charge in [-0.25, -0.2) is 4.98 Å². The van der Waals surface area contributed by atoms with E-state index >= 15 is 0 Å². The van der Waals surface area contributed by atoms with Crippen LogP contribution in [0, 0.1) is 0 Å². The lowest BCUT2D eigenvalue weighted by atomic mass is 10.1. The number of anilines is 2. The van der Waals surface area contributed by atoms with Gasteiger partial charge in [-0.3, -0.25) is 4.98 Å². The Hall–Kier alpha value is -1.66. The van der Waals surface area contributed by atoms with Crippen molar-refractivity contribution in [3.05, 3.63) is 46.8 Å². The molecule has 1 fully saturated rings. The van der Waals surface area contributed by atoms with E-state index in [2.05, 4.69) is 54.3 Å². The van der Waals surface area contributed by atoms with Crippen LogP contribution in [0.15, 0.2) is 41.3 Å². The molecule has 5 nitrogen and oxygen atoms in total. The maximum Gasteiger partial charge on any atom is 0.144 e. The fourth-order valence-electron chi connectivity index (χ4n) is 2.36. The number of rotatable bonds is 4. The molecule has 1 aromatic heterocycles. The zero-order chi connectivity index (χ0) is 14.5. The number of benzene rings is 1. The number of hydrogen-bond donors (Lipinski definition) is 1. The summed E-state index contributed by atoms with van der Waals surface area (Å²) in [5.74, 6) is 0.786. The second-order valence-electron chi connectivity index (χ2n) is 4.82. The molecule has 6 heteroatoms. The highest BCUT2D eigenvalue weighted by Gasteiger charge is 2.15. The van der Waals surface area contributed by atoms with Crippen molar-refractivity contribution in [2.45, 2.75) is 6.54 Å². The Bertz CT molecular complexity index is 587. The van der Waals surface area contributed by atoms with Gasteiger partial charge >= 0.3 is 0 Å². The molecule has 2 heterocycles. The number of halogens is 1. The van der Waals surface area contributed by atoms with Crippen molar-refractivity contribution < 1.29 is 4.74 Å². The molecule has 2 aromatic rings. The van der Waals surface area contributed by atoms with Gasteiger partial charge in [-0.1, -0.05) is 22.0 Å². The fraction of sp³-hybridized carbons (Fsp3) is 0.333. The van der Waals surface area contributed by atoms with E-state index < -0.39 is 0 Å². The van der Waals surface area contributed by atoms with Crippen molar-refractivity contribution in [2.75, 3.05) is 36.5 Å². The van der Waals surface area contributed by atoms with Gasteiger partial charge in [0.05, 0.1) is 19.4 Å². The molecule has 0 radical (unpaired) electrons. The monoisotopic (exact) mass is 348 g/mol. The molecule has 0 aliphatic carbocycles. The highest BCUT2D eigenvalue weighted by atomic mass is 79.9. The van der Waals surface area contributed by atoms with Crippen LogP contribution in [0.1, 0.15) is 5.56 Å². The summed E-state index contributed by atoms with van der Waals surface area (Å²) in [4.78, 5) is 10.7. The summed E-state index contributed by atoms with van der Waals surface area (Å²) in [5, 5.41) is 3.31. The van der Waals surface area contributed by atoms with Gasteiger partial charge < -0.3 is 15.0 Å². The van der Waals surface area contributed by atoms with E-state index in [4.69, 9.17) is 4.74 Å². The quantitative estimate of drug-likeness (QED) is 0.920. The standard InChI is InChI=1S/C15H17BrN4O/c16-13-2-1-12(10-19-15-11-17-3-4-18-15)14(9-13)20-5-7-21-8-6-20/h1-4,9,11H,5-8,10H2,(H,18,19). The van der Waals surface area contributed by atoms with E-state index in [-0.39, 0.29) is 0 Å². The average Bonchev–Trinajstić information content (AvgIpc) is 2.55. The Morgan fingerprint density at radius 2 is 2.10 bits per heavy atom. The Balaban J connectivity index is 1.77. The Labute approximate surface area is 132 Å². The van der Waals surface area contributed by atoms with E-state index in [1.54, 1.807) is 18.6 Å². The second kappa shape index (κ2) is 6.87. The van der Waals surface area contributed by atoms with Crippen LogP contribution < -0.4 is 10.2 Å². The van der Waals surface area contributed by atoms with E-state index in [9.17, 15) is 0 Å². The van der Waals surface area contributed by atoms with Crippen LogP contribution in [0.4, 0.5) is 11.5 Å². The van der Waals surface area contributed by atoms with Crippen LogP contribution in [-0.4, -0.2) is 36.3 Å². The molecule has 1 aliphatic heterocycles. The molecule has 110 valence electrons. The molecule has 0 saturated carbocycles. The molecule has 0 unspecified atom stereocenters. The topological polar surface area (TPSA) is 50.3 Å². The van der Waals surface area contributed by atoms with E-state index in [0.29, 0.717) is 0 Å². The lowest BCUT2D eigenvalue weighted by molar-refractivity contribution is 0.122. The van der Waals surface area contributed by atoms with Crippen LogP contribution in [0.25, 0.3) is 0 Å². The van der Waals surface area contributed by atoms with Crippen LogP contribution >= 0.6 is 15.9 Å². The summed E-state index contributed by atoms with van der Waals surface area (Å²) in [7, 11) is 0. The first kappa shape index (κ1) is 14.3. The van der Waals surface area contributed by atoms with Crippen LogP contribution in [-0.2, 0) is 11.3 Å². The third kappa shape index (κ3) is 3.71. The third-order valence-corrected chi connectivity index (χ3v) is 3.92. The Kier molecular flexibility index (Phi) is 4.67. The summed E-state index contributed by atoms with van der Waals surface area (Å²) < 4.78 is 6.52. The number of nitrogens with one attached hydrogen (secondary N) is 1. The molecule has 0 bridgehead atoms. The number of morpholine rings is 1. The minimum atomic E-state index is 0.721. The molecule has 1 aliphatic rings. The van der Waals surface area contributed by atoms with Crippen LogP contribution in [0.3, 0.4) is 0 Å². The lowest BCUT2D eigenvalue weighted by Gasteiger charge is -2.31. The number of ether oxygens (including phenoxy) is 1. The molecule has 21 heavy (non-hydrogen) atoms. The molecule has 1 saturated heterocycles.